The molecule has 0 aliphatic carbocycles. The molecule has 1 N–H and O–H groups in total. The summed E-state index contributed by atoms with van der Waals surface area (Å²) in [7, 11) is 0. The van der Waals surface area contributed by atoms with Gasteiger partial charge in [0.05, 0.1) is 34.8 Å². The summed E-state index contributed by atoms with van der Waals surface area (Å²) in [6, 6.07) is 3.52. The van der Waals surface area contributed by atoms with Crippen molar-refractivity contribution in [2.24, 2.45) is 5.10 Å². The number of benzene rings is 1. The molecule has 0 atom stereocenters. The number of ether oxygens (including phenoxy) is 1. The lowest BCUT2D eigenvalue weighted by atomic mass is 10.1. The summed E-state index contributed by atoms with van der Waals surface area (Å²) in [5.74, 6) is -0.414. The second-order valence-corrected chi connectivity index (χ2v) is 5.58. The molecule has 0 fully saturated rings. The lowest BCUT2D eigenvalue weighted by molar-refractivity contribution is -0.394. The first-order valence-electron chi connectivity index (χ1n) is 7.23. The van der Waals surface area contributed by atoms with Crippen LogP contribution in [0.15, 0.2) is 28.7 Å². The molecule has 0 aliphatic rings. The third-order valence-electron chi connectivity index (χ3n) is 2.99. The van der Waals surface area contributed by atoms with Crippen molar-refractivity contribution in [3.63, 3.8) is 0 Å². The van der Waals surface area contributed by atoms with E-state index in [9.17, 15) is 25.0 Å². The normalized spacial score (nSPS) is 10.7. The molecular weight excluding hydrogens is 366 g/mol. The second kappa shape index (κ2) is 8.62. The number of carbonyl (C=O) groups excluding carboxylic acids is 1. The van der Waals surface area contributed by atoms with Crippen LogP contribution < -0.4 is 5.43 Å². The Morgan fingerprint density at radius 3 is 2.58 bits per heavy atom. The number of carbonyl (C=O) groups is 1. The Bertz CT molecular complexity index is 833. The highest BCUT2D eigenvalue weighted by Crippen LogP contribution is 2.26. The third kappa shape index (κ3) is 4.80. The maximum atomic E-state index is 11.4. The van der Waals surface area contributed by atoms with Crippen molar-refractivity contribution in [1.82, 2.24) is 4.98 Å². The summed E-state index contributed by atoms with van der Waals surface area (Å²) in [6.07, 6.45) is 0.994. The van der Waals surface area contributed by atoms with Gasteiger partial charge in [0.2, 0.25) is 5.13 Å². The molecule has 1 aromatic heterocycles. The van der Waals surface area contributed by atoms with E-state index in [1.165, 1.54) is 6.07 Å². The summed E-state index contributed by atoms with van der Waals surface area (Å²) in [5.41, 5.74) is 1.89. The van der Waals surface area contributed by atoms with Crippen molar-refractivity contribution in [1.29, 1.82) is 0 Å². The Balaban J connectivity index is 2.14. The molecule has 11 nitrogen and oxygen atoms in total. The van der Waals surface area contributed by atoms with Crippen LogP contribution in [0.25, 0.3) is 0 Å². The molecule has 0 aliphatic heterocycles. The van der Waals surface area contributed by atoms with Crippen molar-refractivity contribution >= 4 is 40.0 Å². The highest BCUT2D eigenvalue weighted by molar-refractivity contribution is 7.13. The zero-order valence-corrected chi connectivity index (χ0v) is 14.3. The van der Waals surface area contributed by atoms with Gasteiger partial charge in [-0.3, -0.25) is 30.4 Å². The number of thiazole rings is 1. The van der Waals surface area contributed by atoms with E-state index in [0.29, 0.717) is 10.8 Å². The predicted octanol–water partition coefficient (Wildman–Crippen LogP) is 2.51. The van der Waals surface area contributed by atoms with Gasteiger partial charge in [-0.15, -0.1) is 11.3 Å². The van der Waals surface area contributed by atoms with Crippen molar-refractivity contribution in [2.75, 3.05) is 12.0 Å². The number of nitrogens with one attached hydrogen (secondary N) is 1. The summed E-state index contributed by atoms with van der Waals surface area (Å²) >= 11 is 1.15. The number of anilines is 1. The molecule has 0 unspecified atom stereocenters. The molecule has 0 bridgehead atoms. The minimum Gasteiger partial charge on any atom is -0.466 e. The largest absolute Gasteiger partial charge is 0.466 e. The second-order valence-electron chi connectivity index (χ2n) is 4.72. The highest BCUT2D eigenvalue weighted by atomic mass is 32.1. The molecule has 0 amide bonds. The van der Waals surface area contributed by atoms with E-state index >= 15 is 0 Å². The molecule has 0 saturated heterocycles. The average molecular weight is 379 g/mol. The molecule has 26 heavy (non-hydrogen) atoms. The Hall–Kier alpha value is -3.41. The van der Waals surface area contributed by atoms with Gasteiger partial charge >= 0.3 is 5.97 Å². The van der Waals surface area contributed by atoms with E-state index in [1.807, 2.05) is 0 Å². The van der Waals surface area contributed by atoms with E-state index in [0.717, 1.165) is 29.7 Å². The standard InChI is InChI=1S/C14H13N5O6S/c1-2-25-13(20)6-9-8-26-14(16-9)17-15-7-10-11(18(21)22)4-3-5-12(10)19(23)24/h3-5,7-8H,2,6H2,1H3,(H,16,17). The molecule has 2 rings (SSSR count). The van der Waals surface area contributed by atoms with Gasteiger partial charge in [0, 0.05) is 17.5 Å². The number of nitro benzene ring substituents is 2. The van der Waals surface area contributed by atoms with Crippen LogP contribution in [0, 0.1) is 20.2 Å². The molecule has 136 valence electrons. The van der Waals surface area contributed by atoms with E-state index in [2.05, 4.69) is 15.5 Å². The number of nitrogens with zero attached hydrogens (tertiary/aromatic N) is 4. The minimum absolute atomic E-state index is 0.00532. The summed E-state index contributed by atoms with van der Waals surface area (Å²) in [4.78, 5) is 36.1. The van der Waals surface area contributed by atoms with Crippen molar-refractivity contribution in [3.8, 4) is 0 Å². The Kier molecular flexibility index (Phi) is 6.27. The number of rotatable bonds is 8. The number of hydrogen-bond donors (Lipinski definition) is 1. The fourth-order valence-corrected chi connectivity index (χ4v) is 2.60. The summed E-state index contributed by atoms with van der Waals surface area (Å²) in [6.45, 7) is 1.97. The van der Waals surface area contributed by atoms with E-state index < -0.39 is 27.2 Å². The number of hydrogen-bond acceptors (Lipinski definition) is 10. The molecule has 12 heteroatoms. The topological polar surface area (TPSA) is 150 Å². The van der Waals surface area contributed by atoms with Gasteiger partial charge in [0.25, 0.3) is 11.4 Å². The first-order chi connectivity index (χ1) is 12.4. The minimum atomic E-state index is -0.727. The van der Waals surface area contributed by atoms with Crippen LogP contribution in [-0.4, -0.2) is 33.6 Å². The van der Waals surface area contributed by atoms with Crippen molar-refractivity contribution < 1.29 is 19.4 Å². The summed E-state index contributed by atoms with van der Waals surface area (Å²) < 4.78 is 4.81. The first-order valence-corrected chi connectivity index (χ1v) is 8.11. The van der Waals surface area contributed by atoms with Gasteiger partial charge in [-0.2, -0.15) is 5.10 Å². The van der Waals surface area contributed by atoms with Crippen LogP contribution in [0.2, 0.25) is 0 Å². The zero-order chi connectivity index (χ0) is 19.1. The van der Waals surface area contributed by atoms with Gasteiger partial charge in [-0.25, -0.2) is 4.98 Å². The van der Waals surface area contributed by atoms with Crippen LogP contribution in [0.4, 0.5) is 16.5 Å². The zero-order valence-electron chi connectivity index (χ0n) is 13.4. The molecule has 0 saturated carbocycles. The Labute approximate surface area is 150 Å². The van der Waals surface area contributed by atoms with Crippen LogP contribution >= 0.6 is 11.3 Å². The van der Waals surface area contributed by atoms with Gasteiger partial charge in [0.15, 0.2) is 0 Å². The van der Waals surface area contributed by atoms with Crippen LogP contribution in [0.3, 0.4) is 0 Å². The fourth-order valence-electron chi connectivity index (χ4n) is 1.94. The van der Waals surface area contributed by atoms with E-state index in [1.54, 1.807) is 12.3 Å². The lowest BCUT2D eigenvalue weighted by Crippen LogP contribution is -2.07. The SMILES string of the molecule is CCOC(=O)Cc1csc(NN=Cc2c([N+](=O)[O-])cccc2[N+](=O)[O-])n1. The lowest BCUT2D eigenvalue weighted by Gasteiger charge is -1.99. The van der Waals surface area contributed by atoms with Crippen LogP contribution in [0.1, 0.15) is 18.2 Å². The van der Waals surface area contributed by atoms with Crippen LogP contribution in [0.5, 0.6) is 0 Å². The number of aromatic nitrogens is 1. The Morgan fingerprint density at radius 1 is 1.35 bits per heavy atom. The smallest absolute Gasteiger partial charge is 0.311 e. The first kappa shape index (κ1) is 18.9. The van der Waals surface area contributed by atoms with Gasteiger partial charge in [-0.1, -0.05) is 0 Å². The maximum absolute atomic E-state index is 11.4. The monoisotopic (exact) mass is 379 g/mol. The Morgan fingerprint density at radius 2 is 2.00 bits per heavy atom. The molecular formula is C14H13N5O6S. The predicted molar refractivity (Wildman–Crippen MR) is 93.4 cm³/mol. The molecule has 0 spiro atoms. The number of hydrazone groups is 1. The number of esters is 1. The molecule has 1 heterocycles. The third-order valence-corrected chi connectivity index (χ3v) is 3.79. The molecule has 2 aromatic rings. The van der Waals surface area contributed by atoms with E-state index in [4.69, 9.17) is 4.74 Å². The number of nitro groups is 2. The van der Waals surface area contributed by atoms with Crippen LogP contribution in [-0.2, 0) is 16.0 Å². The quantitative estimate of drug-likeness (QED) is 0.318. The fraction of sp³-hybridized carbons (Fsp3) is 0.214. The molecule has 1 aromatic carbocycles. The van der Waals surface area contributed by atoms with Gasteiger partial charge in [-0.05, 0) is 13.0 Å². The van der Waals surface area contributed by atoms with Gasteiger partial charge in [0.1, 0.15) is 5.56 Å². The van der Waals surface area contributed by atoms with Crippen molar-refractivity contribution in [2.45, 2.75) is 13.3 Å². The highest BCUT2D eigenvalue weighted by Gasteiger charge is 2.23. The van der Waals surface area contributed by atoms with Gasteiger partial charge < -0.3 is 4.74 Å². The summed E-state index contributed by atoms with van der Waals surface area (Å²) in [5, 5.41) is 27.8. The van der Waals surface area contributed by atoms with E-state index in [-0.39, 0.29) is 18.6 Å². The average Bonchev–Trinajstić information content (AvgIpc) is 3.01. The van der Waals surface area contributed by atoms with Crippen molar-refractivity contribution in [3.05, 3.63) is 55.1 Å². The maximum Gasteiger partial charge on any atom is 0.311 e. The molecule has 0 radical (unpaired) electrons.